The van der Waals surface area contributed by atoms with Crippen molar-refractivity contribution in [2.45, 2.75) is 13.8 Å². The topological polar surface area (TPSA) is 51.2 Å². The van der Waals surface area contributed by atoms with Crippen LogP contribution < -0.4 is 0 Å². The number of rotatable bonds is 3. The molecule has 0 fully saturated rings. The molecule has 0 aromatic carbocycles. The highest BCUT2D eigenvalue weighted by molar-refractivity contribution is 6.27. The molecule has 3 heteroatoms. The van der Waals surface area contributed by atoms with Crippen LogP contribution in [0.15, 0.2) is 0 Å². The number of carbonyl (C=O) groups excluding carboxylic acids is 3. The molecular formula is C5H8O3. The Balaban J connectivity index is 0. The number of aldehydes is 2. The van der Waals surface area contributed by atoms with Gasteiger partial charge in [0.2, 0.25) is 5.78 Å². The van der Waals surface area contributed by atoms with Gasteiger partial charge in [-0.15, -0.1) is 0 Å². The minimum atomic E-state index is -0.671. The molecule has 0 spiro atoms. The third-order valence-corrected chi connectivity index (χ3v) is 0.416. The first-order valence-electron chi connectivity index (χ1n) is 1.73. The van der Waals surface area contributed by atoms with Gasteiger partial charge in [-0.3, -0.25) is 9.59 Å². The third-order valence-electron chi connectivity index (χ3n) is 0.416. The van der Waals surface area contributed by atoms with Crippen molar-refractivity contribution in [1.82, 2.24) is 0 Å². The molecule has 0 heterocycles. The zero-order valence-electron chi connectivity index (χ0n) is 3.59. The molecule has 0 aliphatic heterocycles. The van der Waals surface area contributed by atoms with Crippen LogP contribution in [0.2, 0.25) is 0 Å². The van der Waals surface area contributed by atoms with Gasteiger partial charge in [0.1, 0.15) is 6.29 Å². The summed E-state index contributed by atoms with van der Waals surface area (Å²) in [5.74, 6) is -0.671. The van der Waals surface area contributed by atoms with Crippen molar-refractivity contribution in [2.75, 3.05) is 0 Å². The van der Waals surface area contributed by atoms with Crippen LogP contribution in [0.1, 0.15) is 13.8 Å². The molecule has 0 radical (unpaired) electrons. The summed E-state index contributed by atoms with van der Waals surface area (Å²) < 4.78 is 0. The molecule has 0 aliphatic rings. The van der Waals surface area contributed by atoms with Crippen molar-refractivity contribution in [3.05, 3.63) is 0 Å². The average Bonchev–Trinajstić information content (AvgIpc) is 1.68. The summed E-state index contributed by atoms with van der Waals surface area (Å²) >= 11 is 0. The second-order valence-corrected chi connectivity index (χ2v) is 0.955. The molecule has 0 aliphatic carbocycles. The molecule has 0 atom stereocenters. The molecule has 0 N–H and O–H groups in total. The second kappa shape index (κ2) is 6.01. The van der Waals surface area contributed by atoms with Gasteiger partial charge < -0.3 is 4.79 Å². The van der Waals surface area contributed by atoms with Crippen LogP contribution >= 0.6 is 0 Å². The lowest BCUT2D eigenvalue weighted by molar-refractivity contribution is -0.131. The molecule has 0 rings (SSSR count). The van der Waals surface area contributed by atoms with Gasteiger partial charge in [0, 0.05) is 0 Å². The van der Waals surface area contributed by atoms with Gasteiger partial charge >= 0.3 is 0 Å². The molecule has 3 nitrogen and oxygen atoms in total. The molecule has 0 amide bonds. The lowest BCUT2D eigenvalue weighted by Crippen LogP contribution is -1.97. The Kier molecular flexibility index (Phi) is 7.58. The van der Waals surface area contributed by atoms with E-state index in [1.54, 1.807) is 0 Å². The van der Waals surface area contributed by atoms with Gasteiger partial charge in [-0.2, -0.15) is 0 Å². The van der Waals surface area contributed by atoms with Gasteiger partial charge in [0.05, 0.1) is 6.42 Å². The lowest BCUT2D eigenvalue weighted by Gasteiger charge is -1.71. The second-order valence-electron chi connectivity index (χ2n) is 0.955. The van der Waals surface area contributed by atoms with Crippen molar-refractivity contribution >= 4 is 18.4 Å². The Morgan fingerprint density at radius 2 is 1.88 bits per heavy atom. The van der Waals surface area contributed by atoms with Crippen molar-refractivity contribution in [3.8, 4) is 0 Å². The first-order valence-corrected chi connectivity index (χ1v) is 1.73. The zero-order chi connectivity index (χ0) is 5.70. The van der Waals surface area contributed by atoms with Crippen molar-refractivity contribution < 1.29 is 14.4 Å². The fraction of sp³-hybridized carbons (Fsp3) is 0.400. The minimum Gasteiger partial charge on any atom is -0.303 e. The maximum absolute atomic E-state index is 9.81. The maximum Gasteiger partial charge on any atom is 0.202 e. The highest BCUT2D eigenvalue weighted by Gasteiger charge is 1.92. The lowest BCUT2D eigenvalue weighted by atomic mass is 10.3. The average molecular weight is 116 g/mol. The number of hydrogen-bond donors (Lipinski definition) is 0. The van der Waals surface area contributed by atoms with E-state index in [2.05, 4.69) is 0 Å². The highest BCUT2D eigenvalue weighted by atomic mass is 16.2. The van der Waals surface area contributed by atoms with Crippen molar-refractivity contribution in [2.24, 2.45) is 0 Å². The smallest absolute Gasteiger partial charge is 0.202 e. The zero-order valence-corrected chi connectivity index (χ0v) is 3.59. The summed E-state index contributed by atoms with van der Waals surface area (Å²) in [7, 11) is 0. The molecule has 0 aromatic heterocycles. The largest absolute Gasteiger partial charge is 0.303 e. The molecule has 0 unspecified atom stereocenters. The molecule has 0 saturated heterocycles. The summed E-state index contributed by atoms with van der Waals surface area (Å²) in [6, 6.07) is 0. The van der Waals surface area contributed by atoms with Crippen molar-refractivity contribution in [3.63, 3.8) is 0 Å². The van der Waals surface area contributed by atoms with Crippen LogP contribution in [-0.4, -0.2) is 18.4 Å². The van der Waals surface area contributed by atoms with E-state index in [0.29, 0.717) is 6.29 Å². The van der Waals surface area contributed by atoms with E-state index in [1.807, 2.05) is 0 Å². The van der Waals surface area contributed by atoms with Gasteiger partial charge in [-0.25, -0.2) is 0 Å². The number of Topliss-reactive ketones (excluding diaryl/α,β-unsaturated/α-hetero) is 1. The van der Waals surface area contributed by atoms with Crippen LogP contribution in [0.25, 0.3) is 0 Å². The highest BCUT2D eigenvalue weighted by Crippen LogP contribution is 1.67. The van der Waals surface area contributed by atoms with E-state index >= 15 is 0 Å². The van der Waals surface area contributed by atoms with Crippen LogP contribution in [-0.2, 0) is 14.4 Å². The van der Waals surface area contributed by atoms with E-state index in [0.717, 1.165) is 0 Å². The SMILES string of the molecule is C.O=CCC(=O)C=O. The standard InChI is InChI=1S/C4H4O3.CH4/c5-2-1-4(7)3-6;/h2-3H,1H2;1H4. The Morgan fingerprint density at radius 3 is 2.00 bits per heavy atom. The van der Waals surface area contributed by atoms with E-state index in [4.69, 9.17) is 0 Å². The first kappa shape index (κ1) is 10.1. The molecule has 8 heavy (non-hydrogen) atoms. The van der Waals surface area contributed by atoms with Gasteiger partial charge in [0.15, 0.2) is 6.29 Å². The Labute approximate surface area is 47.7 Å². The van der Waals surface area contributed by atoms with E-state index in [-0.39, 0.29) is 20.1 Å². The van der Waals surface area contributed by atoms with E-state index in [1.165, 1.54) is 0 Å². The molecular weight excluding hydrogens is 108 g/mol. The van der Waals surface area contributed by atoms with Crippen LogP contribution in [0.4, 0.5) is 0 Å². The van der Waals surface area contributed by atoms with Crippen LogP contribution in [0, 0.1) is 0 Å². The molecule has 0 saturated carbocycles. The minimum absolute atomic E-state index is 0. The molecule has 0 bridgehead atoms. The Bertz CT molecular complexity index is 95.8. The van der Waals surface area contributed by atoms with Crippen molar-refractivity contribution in [1.29, 1.82) is 0 Å². The predicted molar refractivity (Wildman–Crippen MR) is 28.5 cm³/mol. The molecule has 0 aromatic rings. The number of hydrogen-bond acceptors (Lipinski definition) is 3. The number of carbonyl (C=O) groups is 3. The quantitative estimate of drug-likeness (QED) is 0.296. The summed E-state index contributed by atoms with van der Waals surface area (Å²) in [5.41, 5.74) is 0. The molecule has 46 valence electrons. The fourth-order valence-corrected chi connectivity index (χ4v) is 0.130. The van der Waals surface area contributed by atoms with Gasteiger partial charge in [-0.05, 0) is 0 Å². The van der Waals surface area contributed by atoms with E-state index in [9.17, 15) is 14.4 Å². The van der Waals surface area contributed by atoms with E-state index < -0.39 is 5.78 Å². The Morgan fingerprint density at radius 1 is 1.38 bits per heavy atom. The monoisotopic (exact) mass is 116 g/mol. The predicted octanol–water partition coefficient (Wildman–Crippen LogP) is -0.0205. The maximum atomic E-state index is 9.81. The Hall–Kier alpha value is -0.990. The number of ketones is 1. The van der Waals surface area contributed by atoms with Gasteiger partial charge in [0.25, 0.3) is 0 Å². The van der Waals surface area contributed by atoms with Crippen LogP contribution in [0.3, 0.4) is 0 Å². The fourth-order valence-electron chi connectivity index (χ4n) is 0.130. The summed E-state index contributed by atoms with van der Waals surface area (Å²) in [4.78, 5) is 28.6. The normalized spacial score (nSPS) is 6.50. The summed E-state index contributed by atoms with van der Waals surface area (Å²) in [5, 5.41) is 0. The van der Waals surface area contributed by atoms with Gasteiger partial charge in [-0.1, -0.05) is 7.43 Å². The first-order chi connectivity index (χ1) is 3.31. The summed E-state index contributed by atoms with van der Waals surface area (Å²) in [6.45, 7) is 0. The summed E-state index contributed by atoms with van der Waals surface area (Å²) in [6.07, 6.45) is 0.245. The van der Waals surface area contributed by atoms with Crippen LogP contribution in [0.5, 0.6) is 0 Å². The third kappa shape index (κ3) is 5.01.